The normalized spacial score (nSPS) is 15.8. The van der Waals surface area contributed by atoms with E-state index in [1.165, 1.54) is 25.7 Å². The Morgan fingerprint density at radius 2 is 1.88 bits per heavy atom. The minimum Gasteiger partial charge on any atom is -0.441 e. The maximum absolute atomic E-state index is 12.5. The maximum atomic E-state index is 12.5. The van der Waals surface area contributed by atoms with Gasteiger partial charge in [-0.3, -0.25) is 4.79 Å². The molecule has 0 radical (unpaired) electrons. The van der Waals surface area contributed by atoms with Gasteiger partial charge < -0.3 is 9.32 Å². The van der Waals surface area contributed by atoms with Crippen molar-refractivity contribution in [2.45, 2.75) is 57.4 Å². The van der Waals surface area contributed by atoms with Crippen molar-refractivity contribution in [1.82, 2.24) is 9.88 Å². The molecule has 1 heterocycles. The molecule has 1 aliphatic rings. The van der Waals surface area contributed by atoms with Gasteiger partial charge in [0.2, 0.25) is 5.91 Å². The number of aromatic nitrogens is 1. The minimum absolute atomic E-state index is 0.179. The Morgan fingerprint density at radius 1 is 1.20 bits per heavy atom. The highest BCUT2D eigenvalue weighted by atomic mass is 35.5. The molecule has 0 saturated heterocycles. The number of hydrogen-bond donors (Lipinski definition) is 0. The molecule has 1 amide bonds. The third-order valence-corrected chi connectivity index (χ3v) is 5.25. The molecule has 1 saturated carbocycles. The van der Waals surface area contributed by atoms with E-state index in [0.717, 1.165) is 18.4 Å². The first-order chi connectivity index (χ1) is 12.1. The van der Waals surface area contributed by atoms with E-state index in [4.69, 9.17) is 16.0 Å². The molecule has 0 aliphatic heterocycles. The zero-order valence-corrected chi connectivity index (χ0v) is 15.5. The molecule has 1 aliphatic carbocycles. The number of carbonyl (C=O) groups is 1. The fourth-order valence-corrected chi connectivity index (χ4v) is 3.54. The van der Waals surface area contributed by atoms with Crippen LogP contribution in [-0.2, 0) is 11.2 Å². The van der Waals surface area contributed by atoms with Crippen LogP contribution in [0.15, 0.2) is 34.9 Å². The number of amides is 1. The number of oxazole rings is 1. The fourth-order valence-electron chi connectivity index (χ4n) is 3.41. The van der Waals surface area contributed by atoms with Crippen molar-refractivity contribution in [3.05, 3.63) is 41.4 Å². The predicted molar refractivity (Wildman–Crippen MR) is 99.5 cm³/mol. The van der Waals surface area contributed by atoms with Gasteiger partial charge in [0.05, 0.1) is 6.20 Å². The Hall–Kier alpha value is -1.81. The van der Waals surface area contributed by atoms with Crippen LogP contribution < -0.4 is 0 Å². The molecule has 0 unspecified atom stereocenters. The van der Waals surface area contributed by atoms with Crippen LogP contribution in [0.1, 0.15) is 50.8 Å². The lowest BCUT2D eigenvalue weighted by molar-refractivity contribution is -0.132. The van der Waals surface area contributed by atoms with Crippen molar-refractivity contribution >= 4 is 17.5 Å². The molecule has 1 aromatic carbocycles. The maximum Gasteiger partial charge on any atom is 0.223 e. The zero-order valence-electron chi connectivity index (χ0n) is 14.7. The monoisotopic (exact) mass is 360 g/mol. The zero-order chi connectivity index (χ0) is 17.6. The first-order valence-corrected chi connectivity index (χ1v) is 9.47. The molecule has 134 valence electrons. The van der Waals surface area contributed by atoms with Crippen molar-refractivity contribution in [1.29, 1.82) is 0 Å². The van der Waals surface area contributed by atoms with E-state index in [0.29, 0.717) is 35.6 Å². The summed E-state index contributed by atoms with van der Waals surface area (Å²) >= 11 is 5.90. The van der Waals surface area contributed by atoms with Gasteiger partial charge in [-0.25, -0.2) is 4.98 Å². The van der Waals surface area contributed by atoms with Crippen LogP contribution >= 0.6 is 11.6 Å². The number of benzene rings is 1. The van der Waals surface area contributed by atoms with Gasteiger partial charge in [0.15, 0.2) is 11.7 Å². The van der Waals surface area contributed by atoms with E-state index < -0.39 is 0 Å². The summed E-state index contributed by atoms with van der Waals surface area (Å²) in [6, 6.07) is 7.84. The second-order valence-corrected chi connectivity index (χ2v) is 7.21. The lowest BCUT2D eigenvalue weighted by Gasteiger charge is -2.27. The van der Waals surface area contributed by atoms with E-state index in [9.17, 15) is 4.79 Å². The average molecular weight is 361 g/mol. The van der Waals surface area contributed by atoms with E-state index in [2.05, 4.69) is 4.98 Å². The first-order valence-electron chi connectivity index (χ1n) is 9.10. The summed E-state index contributed by atoms with van der Waals surface area (Å²) in [6.07, 6.45) is 9.97. The second-order valence-electron chi connectivity index (χ2n) is 6.78. The van der Waals surface area contributed by atoms with Crippen molar-refractivity contribution in [2.75, 3.05) is 7.05 Å². The third-order valence-electron chi connectivity index (χ3n) is 5.00. The number of rotatable bonds is 5. The van der Waals surface area contributed by atoms with Gasteiger partial charge in [-0.2, -0.15) is 0 Å². The molecule has 0 spiro atoms. The topological polar surface area (TPSA) is 46.3 Å². The first kappa shape index (κ1) is 18.0. The van der Waals surface area contributed by atoms with E-state index in [1.807, 2.05) is 36.2 Å². The highest BCUT2D eigenvalue weighted by Crippen LogP contribution is 2.24. The number of aryl methyl sites for hydroxylation is 1. The summed E-state index contributed by atoms with van der Waals surface area (Å²) in [5, 5.41) is 0.690. The molecule has 0 N–H and O–H groups in total. The van der Waals surface area contributed by atoms with E-state index in [1.54, 1.807) is 6.20 Å². The highest BCUT2D eigenvalue weighted by Gasteiger charge is 2.21. The van der Waals surface area contributed by atoms with Crippen molar-refractivity contribution in [3.8, 4) is 11.3 Å². The van der Waals surface area contributed by atoms with Crippen molar-refractivity contribution in [3.63, 3.8) is 0 Å². The number of halogens is 1. The minimum atomic E-state index is 0.179. The predicted octanol–water partition coefficient (Wildman–Crippen LogP) is 5.11. The standard InChI is InChI=1S/C20H25ClN2O2/c1-23(17-6-4-2-3-5-7-17)20(24)13-12-19-22-14-18(25-19)15-8-10-16(21)11-9-15/h8-11,14,17H,2-7,12-13H2,1H3. The summed E-state index contributed by atoms with van der Waals surface area (Å²) in [5.41, 5.74) is 0.935. The van der Waals surface area contributed by atoms with Gasteiger partial charge in [0, 0.05) is 36.5 Å². The van der Waals surface area contributed by atoms with E-state index >= 15 is 0 Å². The molecule has 1 fully saturated rings. The molecule has 0 bridgehead atoms. The van der Waals surface area contributed by atoms with Crippen LogP contribution in [0, 0.1) is 0 Å². The fraction of sp³-hybridized carbons (Fsp3) is 0.500. The lowest BCUT2D eigenvalue weighted by Crippen LogP contribution is -2.36. The van der Waals surface area contributed by atoms with Gasteiger partial charge in [0.25, 0.3) is 0 Å². The lowest BCUT2D eigenvalue weighted by atomic mass is 10.1. The number of carbonyl (C=O) groups excluding carboxylic acids is 1. The quantitative estimate of drug-likeness (QED) is 0.696. The molecule has 25 heavy (non-hydrogen) atoms. The Labute approximate surface area is 154 Å². The van der Waals surface area contributed by atoms with E-state index in [-0.39, 0.29) is 5.91 Å². The molecule has 1 aromatic heterocycles. The van der Waals surface area contributed by atoms with Gasteiger partial charge in [0.1, 0.15) is 0 Å². The number of nitrogens with zero attached hydrogens (tertiary/aromatic N) is 2. The Kier molecular flexibility index (Phi) is 6.14. The van der Waals surface area contributed by atoms with Crippen molar-refractivity contribution in [2.24, 2.45) is 0 Å². The summed E-state index contributed by atoms with van der Waals surface area (Å²) in [7, 11) is 1.94. The van der Waals surface area contributed by atoms with Crippen LogP contribution in [0.5, 0.6) is 0 Å². The molecular weight excluding hydrogens is 336 g/mol. The van der Waals surface area contributed by atoms with Crippen LogP contribution in [0.3, 0.4) is 0 Å². The SMILES string of the molecule is CN(C(=O)CCc1ncc(-c2ccc(Cl)cc2)o1)C1CCCCCC1. The Morgan fingerprint density at radius 3 is 2.56 bits per heavy atom. The molecule has 5 heteroatoms. The van der Waals surface area contributed by atoms with Gasteiger partial charge in [-0.1, -0.05) is 37.3 Å². The molecule has 3 rings (SSSR count). The Balaban J connectivity index is 1.54. The van der Waals surface area contributed by atoms with Crippen LogP contribution in [0.2, 0.25) is 5.02 Å². The summed E-state index contributed by atoms with van der Waals surface area (Å²) in [5.74, 6) is 1.49. The summed E-state index contributed by atoms with van der Waals surface area (Å²) in [6.45, 7) is 0. The second kappa shape index (κ2) is 8.52. The summed E-state index contributed by atoms with van der Waals surface area (Å²) in [4.78, 5) is 18.7. The summed E-state index contributed by atoms with van der Waals surface area (Å²) < 4.78 is 5.78. The van der Waals surface area contributed by atoms with Gasteiger partial charge >= 0.3 is 0 Å². The van der Waals surface area contributed by atoms with Crippen LogP contribution in [0.4, 0.5) is 0 Å². The largest absolute Gasteiger partial charge is 0.441 e. The van der Waals surface area contributed by atoms with Crippen LogP contribution in [0.25, 0.3) is 11.3 Å². The molecule has 4 nitrogen and oxygen atoms in total. The average Bonchev–Trinajstić information content (AvgIpc) is 2.93. The van der Waals surface area contributed by atoms with Crippen LogP contribution in [-0.4, -0.2) is 28.9 Å². The third kappa shape index (κ3) is 4.85. The highest BCUT2D eigenvalue weighted by molar-refractivity contribution is 6.30. The number of hydrogen-bond acceptors (Lipinski definition) is 3. The smallest absolute Gasteiger partial charge is 0.223 e. The van der Waals surface area contributed by atoms with Gasteiger partial charge in [-0.15, -0.1) is 0 Å². The van der Waals surface area contributed by atoms with Crippen molar-refractivity contribution < 1.29 is 9.21 Å². The molecule has 2 aromatic rings. The molecular formula is C20H25ClN2O2. The van der Waals surface area contributed by atoms with Gasteiger partial charge in [-0.05, 0) is 37.1 Å². The molecule has 0 atom stereocenters. The Bertz CT molecular complexity index is 688.